The first-order chi connectivity index (χ1) is 14.7. The first-order valence-corrected chi connectivity index (χ1v) is 12.6. The summed E-state index contributed by atoms with van der Waals surface area (Å²) in [4.78, 5) is 13.3. The van der Waals surface area contributed by atoms with Crippen molar-refractivity contribution >= 4 is 21.6 Å². The molecule has 1 saturated heterocycles. The number of benzene rings is 2. The predicted molar refractivity (Wildman–Crippen MR) is 124 cm³/mol. The van der Waals surface area contributed by atoms with Crippen LogP contribution in [0.3, 0.4) is 0 Å². The number of sulfonamides is 1. The number of para-hydroxylation sites is 1. The Labute approximate surface area is 185 Å². The number of aryl methyl sites for hydroxylation is 2. The monoisotopic (exact) mass is 440 g/mol. The molecule has 166 valence electrons. The van der Waals surface area contributed by atoms with E-state index in [9.17, 15) is 13.2 Å². The van der Waals surface area contributed by atoms with Crippen LogP contribution in [0.5, 0.6) is 0 Å². The van der Waals surface area contributed by atoms with Gasteiger partial charge in [0, 0.05) is 24.7 Å². The normalized spacial score (nSPS) is 18.0. The van der Waals surface area contributed by atoms with Gasteiger partial charge in [0.05, 0.1) is 4.90 Å². The fraction of sp³-hybridized carbons (Fsp3) is 0.480. The third-order valence-corrected chi connectivity index (χ3v) is 8.42. The highest BCUT2D eigenvalue weighted by molar-refractivity contribution is 7.89. The zero-order valence-electron chi connectivity index (χ0n) is 18.6. The van der Waals surface area contributed by atoms with E-state index in [0.717, 1.165) is 36.1 Å². The zero-order chi connectivity index (χ0) is 22.2. The molecule has 1 amide bonds. The zero-order valence-corrected chi connectivity index (χ0v) is 19.5. The van der Waals surface area contributed by atoms with Gasteiger partial charge in [0.2, 0.25) is 15.9 Å². The number of rotatable bonds is 4. The molecule has 2 aromatic rings. The molecule has 2 aromatic carbocycles. The first kappa shape index (κ1) is 22.0. The molecule has 0 aromatic heterocycles. The van der Waals surface area contributed by atoms with Crippen LogP contribution in [0.25, 0.3) is 0 Å². The van der Waals surface area contributed by atoms with Crippen LogP contribution in [-0.2, 0) is 33.1 Å². The maximum absolute atomic E-state index is 13.1. The molecule has 1 heterocycles. The molecule has 0 radical (unpaired) electrons. The Hall–Kier alpha value is -2.18. The third-order valence-electron chi connectivity index (χ3n) is 6.53. The second kappa shape index (κ2) is 8.40. The summed E-state index contributed by atoms with van der Waals surface area (Å²) in [5, 5.41) is 3.09. The standard InChI is InChI=1S/C25H32N2O3S/c1-25(2,3)22-9-4-5-10-23(22)26-24(28)19-13-15-27(16-14-19)31(29,30)21-12-11-18-7-6-8-20(18)17-21/h4-5,9-12,17,19H,6-8,13-16H2,1-3H3,(H,26,28). The van der Waals surface area contributed by atoms with Crippen LogP contribution in [0.1, 0.15) is 56.7 Å². The van der Waals surface area contributed by atoms with E-state index in [0.29, 0.717) is 30.8 Å². The Balaban J connectivity index is 1.41. The van der Waals surface area contributed by atoms with E-state index < -0.39 is 10.0 Å². The van der Waals surface area contributed by atoms with Crippen molar-refractivity contribution in [2.75, 3.05) is 18.4 Å². The Bertz CT molecular complexity index is 1080. The number of carbonyl (C=O) groups is 1. The number of piperidine rings is 1. The number of carbonyl (C=O) groups excluding carboxylic acids is 1. The molecule has 5 nitrogen and oxygen atoms in total. The fourth-order valence-electron chi connectivity index (χ4n) is 4.70. The van der Waals surface area contributed by atoms with Crippen LogP contribution < -0.4 is 5.32 Å². The summed E-state index contributed by atoms with van der Waals surface area (Å²) in [5.74, 6) is -0.203. The molecule has 1 aliphatic heterocycles. The Kier molecular flexibility index (Phi) is 5.97. The highest BCUT2D eigenvalue weighted by Gasteiger charge is 2.33. The van der Waals surface area contributed by atoms with E-state index in [2.05, 4.69) is 26.1 Å². The van der Waals surface area contributed by atoms with Gasteiger partial charge >= 0.3 is 0 Å². The Morgan fingerprint density at radius 3 is 2.39 bits per heavy atom. The van der Waals surface area contributed by atoms with E-state index in [1.165, 1.54) is 9.87 Å². The van der Waals surface area contributed by atoms with Gasteiger partial charge in [0.25, 0.3) is 0 Å². The highest BCUT2D eigenvalue weighted by atomic mass is 32.2. The van der Waals surface area contributed by atoms with Crippen molar-refractivity contribution in [2.45, 2.75) is 63.2 Å². The summed E-state index contributed by atoms with van der Waals surface area (Å²) in [6.07, 6.45) is 4.16. The molecule has 6 heteroatoms. The lowest BCUT2D eigenvalue weighted by molar-refractivity contribution is -0.120. The van der Waals surface area contributed by atoms with Crippen LogP contribution in [0, 0.1) is 5.92 Å². The molecule has 0 atom stereocenters. The molecule has 1 aliphatic carbocycles. The van der Waals surface area contributed by atoms with E-state index >= 15 is 0 Å². The summed E-state index contributed by atoms with van der Waals surface area (Å²) >= 11 is 0. The molecule has 0 spiro atoms. The molecule has 0 bridgehead atoms. The lowest BCUT2D eigenvalue weighted by Crippen LogP contribution is -2.41. The number of hydrogen-bond donors (Lipinski definition) is 1. The minimum Gasteiger partial charge on any atom is -0.326 e. The molecule has 2 aliphatic rings. The van der Waals surface area contributed by atoms with Gasteiger partial charge < -0.3 is 5.32 Å². The summed E-state index contributed by atoms with van der Waals surface area (Å²) in [6.45, 7) is 7.12. The summed E-state index contributed by atoms with van der Waals surface area (Å²) < 4.78 is 27.8. The molecule has 1 fully saturated rings. The molecule has 4 rings (SSSR count). The molecule has 0 unspecified atom stereocenters. The van der Waals surface area contributed by atoms with Crippen molar-refractivity contribution in [1.82, 2.24) is 4.31 Å². The number of hydrogen-bond acceptors (Lipinski definition) is 3. The van der Waals surface area contributed by atoms with Crippen molar-refractivity contribution in [3.05, 3.63) is 59.2 Å². The largest absolute Gasteiger partial charge is 0.326 e. The van der Waals surface area contributed by atoms with Gasteiger partial charge in [-0.25, -0.2) is 8.42 Å². The Morgan fingerprint density at radius 1 is 1.00 bits per heavy atom. The second-order valence-electron chi connectivity index (χ2n) is 9.75. The van der Waals surface area contributed by atoms with Gasteiger partial charge in [-0.1, -0.05) is 45.0 Å². The number of nitrogens with one attached hydrogen (secondary N) is 1. The SMILES string of the molecule is CC(C)(C)c1ccccc1NC(=O)C1CCN(S(=O)(=O)c2ccc3c(c2)CCC3)CC1. The van der Waals surface area contributed by atoms with Crippen molar-refractivity contribution in [1.29, 1.82) is 0 Å². The average Bonchev–Trinajstić information content (AvgIpc) is 3.21. The van der Waals surface area contributed by atoms with Crippen LogP contribution in [-0.4, -0.2) is 31.7 Å². The molecule has 31 heavy (non-hydrogen) atoms. The molecular weight excluding hydrogens is 408 g/mol. The molecule has 0 saturated carbocycles. The molecule has 1 N–H and O–H groups in total. The van der Waals surface area contributed by atoms with Gasteiger partial charge in [0.1, 0.15) is 0 Å². The number of nitrogens with zero attached hydrogens (tertiary/aromatic N) is 1. The lowest BCUT2D eigenvalue weighted by atomic mass is 9.85. The van der Waals surface area contributed by atoms with Gasteiger partial charge in [-0.15, -0.1) is 0 Å². The van der Waals surface area contributed by atoms with Gasteiger partial charge in [0.15, 0.2) is 0 Å². The van der Waals surface area contributed by atoms with E-state index in [1.807, 2.05) is 36.4 Å². The third kappa shape index (κ3) is 4.55. The van der Waals surface area contributed by atoms with Gasteiger partial charge in [-0.2, -0.15) is 4.31 Å². The second-order valence-corrected chi connectivity index (χ2v) is 11.7. The maximum atomic E-state index is 13.1. The van der Waals surface area contributed by atoms with Crippen molar-refractivity contribution < 1.29 is 13.2 Å². The van der Waals surface area contributed by atoms with Crippen LogP contribution in [0.4, 0.5) is 5.69 Å². The Morgan fingerprint density at radius 2 is 1.68 bits per heavy atom. The van der Waals surface area contributed by atoms with Gasteiger partial charge in [-0.05, 0) is 72.4 Å². The topological polar surface area (TPSA) is 66.5 Å². The number of amides is 1. The highest BCUT2D eigenvalue weighted by Crippen LogP contribution is 2.31. The minimum absolute atomic E-state index is 0.0220. The summed E-state index contributed by atoms with van der Waals surface area (Å²) in [6, 6.07) is 13.4. The summed E-state index contributed by atoms with van der Waals surface area (Å²) in [7, 11) is -3.52. The lowest BCUT2D eigenvalue weighted by Gasteiger charge is -2.31. The van der Waals surface area contributed by atoms with Crippen LogP contribution in [0.15, 0.2) is 47.4 Å². The fourth-order valence-corrected chi connectivity index (χ4v) is 6.22. The number of fused-ring (bicyclic) bond motifs is 1. The van der Waals surface area contributed by atoms with E-state index in [4.69, 9.17) is 0 Å². The van der Waals surface area contributed by atoms with Crippen LogP contribution >= 0.6 is 0 Å². The predicted octanol–water partition coefficient (Wildman–Crippen LogP) is 4.51. The summed E-state index contributed by atoms with van der Waals surface area (Å²) in [5.41, 5.74) is 4.29. The van der Waals surface area contributed by atoms with Crippen molar-refractivity contribution in [3.8, 4) is 0 Å². The van der Waals surface area contributed by atoms with Crippen molar-refractivity contribution in [3.63, 3.8) is 0 Å². The smallest absolute Gasteiger partial charge is 0.243 e. The van der Waals surface area contributed by atoms with E-state index in [1.54, 1.807) is 6.07 Å². The number of anilines is 1. The van der Waals surface area contributed by atoms with Crippen molar-refractivity contribution in [2.24, 2.45) is 5.92 Å². The quantitative estimate of drug-likeness (QED) is 0.761. The van der Waals surface area contributed by atoms with E-state index in [-0.39, 0.29) is 17.2 Å². The molecular formula is C25H32N2O3S. The minimum atomic E-state index is -3.52. The maximum Gasteiger partial charge on any atom is 0.243 e. The average molecular weight is 441 g/mol. The van der Waals surface area contributed by atoms with Crippen LogP contribution in [0.2, 0.25) is 0 Å². The first-order valence-electron chi connectivity index (χ1n) is 11.2. The van der Waals surface area contributed by atoms with Gasteiger partial charge in [-0.3, -0.25) is 4.79 Å².